The summed E-state index contributed by atoms with van der Waals surface area (Å²) in [6.07, 6.45) is 0.844. The van der Waals surface area contributed by atoms with Gasteiger partial charge in [-0.05, 0) is 36.4 Å². The number of amides is 1. The van der Waals surface area contributed by atoms with Gasteiger partial charge < -0.3 is 16.8 Å². The van der Waals surface area contributed by atoms with E-state index in [2.05, 4.69) is 10.8 Å². The van der Waals surface area contributed by atoms with Crippen molar-refractivity contribution in [2.45, 2.75) is 6.10 Å². The molecule has 1 unspecified atom stereocenters. The van der Waals surface area contributed by atoms with E-state index >= 15 is 0 Å². The summed E-state index contributed by atoms with van der Waals surface area (Å²) in [5.74, 6) is -0.410. The number of anilines is 1. The van der Waals surface area contributed by atoms with Gasteiger partial charge in [0.2, 0.25) is 0 Å². The molecule has 26 heavy (non-hydrogen) atoms. The third-order valence-corrected chi connectivity index (χ3v) is 3.82. The van der Waals surface area contributed by atoms with Crippen molar-refractivity contribution in [3.8, 4) is 0 Å². The van der Waals surface area contributed by atoms with E-state index in [0.29, 0.717) is 22.5 Å². The SMILES string of the molecule is N=C(N)c1ccc(NC(=O)C2C=C(c3cccc(C(=N)N)c3)NO2)cc1. The van der Waals surface area contributed by atoms with E-state index in [9.17, 15) is 4.79 Å². The minimum atomic E-state index is -0.807. The van der Waals surface area contributed by atoms with Crippen molar-refractivity contribution in [2.75, 3.05) is 5.32 Å². The molecule has 0 radical (unpaired) electrons. The lowest BCUT2D eigenvalue weighted by Gasteiger charge is -2.09. The number of hydrogen-bond acceptors (Lipinski definition) is 5. The van der Waals surface area contributed by atoms with Crippen LogP contribution in [0.3, 0.4) is 0 Å². The maximum atomic E-state index is 12.3. The summed E-state index contributed by atoms with van der Waals surface area (Å²) in [6.45, 7) is 0. The zero-order chi connectivity index (χ0) is 18.7. The molecule has 0 spiro atoms. The van der Waals surface area contributed by atoms with Crippen LogP contribution in [0.1, 0.15) is 16.7 Å². The predicted molar refractivity (Wildman–Crippen MR) is 99.5 cm³/mol. The number of carbonyl (C=O) groups excluding carboxylic acids is 1. The molecule has 1 atom stereocenters. The molecule has 2 aromatic rings. The largest absolute Gasteiger partial charge is 0.384 e. The van der Waals surface area contributed by atoms with Crippen molar-refractivity contribution in [2.24, 2.45) is 11.5 Å². The van der Waals surface area contributed by atoms with Crippen LogP contribution in [0.4, 0.5) is 5.69 Å². The average molecular weight is 350 g/mol. The van der Waals surface area contributed by atoms with Crippen molar-refractivity contribution in [1.29, 1.82) is 10.8 Å². The van der Waals surface area contributed by atoms with Crippen molar-refractivity contribution in [3.05, 3.63) is 71.3 Å². The van der Waals surface area contributed by atoms with Gasteiger partial charge in [-0.3, -0.25) is 25.9 Å². The maximum Gasteiger partial charge on any atom is 0.260 e. The first-order valence-corrected chi connectivity index (χ1v) is 7.77. The van der Waals surface area contributed by atoms with Gasteiger partial charge in [-0.2, -0.15) is 0 Å². The van der Waals surface area contributed by atoms with Crippen molar-refractivity contribution in [3.63, 3.8) is 0 Å². The number of hydroxylamine groups is 1. The van der Waals surface area contributed by atoms with Crippen LogP contribution in [0.25, 0.3) is 5.70 Å². The van der Waals surface area contributed by atoms with E-state index in [1.807, 2.05) is 6.07 Å². The number of hydrogen-bond donors (Lipinski definition) is 6. The Bertz CT molecular complexity index is 904. The fourth-order valence-corrected chi connectivity index (χ4v) is 2.43. The Hall–Kier alpha value is -3.65. The first-order chi connectivity index (χ1) is 12.4. The van der Waals surface area contributed by atoms with Crippen LogP contribution < -0.4 is 22.3 Å². The average Bonchev–Trinajstić information content (AvgIpc) is 3.12. The number of nitrogens with one attached hydrogen (secondary N) is 4. The summed E-state index contributed by atoms with van der Waals surface area (Å²) < 4.78 is 0. The molecule has 1 aliphatic heterocycles. The Labute approximate surface area is 149 Å². The minimum Gasteiger partial charge on any atom is -0.384 e. The highest BCUT2D eigenvalue weighted by molar-refractivity contribution is 5.99. The number of carbonyl (C=O) groups is 1. The predicted octanol–water partition coefficient (Wildman–Crippen LogP) is 1.14. The number of nitrogens with two attached hydrogens (primary N) is 2. The van der Waals surface area contributed by atoms with Crippen molar-refractivity contribution in [1.82, 2.24) is 5.48 Å². The van der Waals surface area contributed by atoms with Crippen LogP contribution in [-0.4, -0.2) is 23.7 Å². The van der Waals surface area contributed by atoms with E-state index in [4.69, 9.17) is 27.1 Å². The van der Waals surface area contributed by atoms with E-state index in [1.54, 1.807) is 48.5 Å². The molecule has 3 rings (SSSR count). The van der Waals surface area contributed by atoms with E-state index in [1.165, 1.54) is 0 Å². The second-order valence-corrected chi connectivity index (χ2v) is 5.70. The Balaban J connectivity index is 1.70. The number of benzene rings is 2. The molecule has 0 saturated heterocycles. The van der Waals surface area contributed by atoms with E-state index in [0.717, 1.165) is 5.56 Å². The quantitative estimate of drug-likeness (QED) is 0.353. The van der Waals surface area contributed by atoms with Gasteiger partial charge in [0.05, 0.1) is 5.70 Å². The third-order valence-electron chi connectivity index (χ3n) is 3.82. The second-order valence-electron chi connectivity index (χ2n) is 5.70. The highest BCUT2D eigenvalue weighted by Gasteiger charge is 2.24. The lowest BCUT2D eigenvalue weighted by molar-refractivity contribution is -0.125. The highest BCUT2D eigenvalue weighted by atomic mass is 16.7. The zero-order valence-corrected chi connectivity index (χ0v) is 13.7. The fraction of sp³-hybridized carbons (Fsp3) is 0.0556. The molecular weight excluding hydrogens is 332 g/mol. The number of rotatable bonds is 5. The zero-order valence-electron chi connectivity index (χ0n) is 13.7. The Morgan fingerprint density at radius 1 is 1.04 bits per heavy atom. The van der Waals surface area contributed by atoms with Gasteiger partial charge in [-0.15, -0.1) is 0 Å². The molecule has 0 fully saturated rings. The van der Waals surface area contributed by atoms with Gasteiger partial charge in [-0.1, -0.05) is 18.2 Å². The number of nitrogen functional groups attached to an aromatic ring is 2. The number of amidine groups is 2. The summed E-state index contributed by atoms with van der Waals surface area (Å²) in [4.78, 5) is 17.7. The lowest BCUT2D eigenvalue weighted by Crippen LogP contribution is -2.28. The maximum absolute atomic E-state index is 12.3. The molecule has 132 valence electrons. The van der Waals surface area contributed by atoms with Crippen molar-refractivity contribution >= 4 is 29.0 Å². The summed E-state index contributed by atoms with van der Waals surface area (Å²) in [5, 5.41) is 17.6. The van der Waals surface area contributed by atoms with Gasteiger partial charge in [0.25, 0.3) is 5.91 Å². The van der Waals surface area contributed by atoms with Gasteiger partial charge in [0, 0.05) is 22.4 Å². The molecule has 8 nitrogen and oxygen atoms in total. The summed E-state index contributed by atoms with van der Waals surface area (Å²) >= 11 is 0. The van der Waals surface area contributed by atoms with Gasteiger partial charge >= 0.3 is 0 Å². The summed E-state index contributed by atoms with van der Waals surface area (Å²) in [7, 11) is 0. The van der Waals surface area contributed by atoms with Crippen LogP contribution >= 0.6 is 0 Å². The van der Waals surface area contributed by atoms with Crippen LogP contribution in [0.5, 0.6) is 0 Å². The molecule has 1 aliphatic rings. The first kappa shape index (κ1) is 17.2. The molecule has 0 saturated carbocycles. The van der Waals surface area contributed by atoms with Crippen LogP contribution in [-0.2, 0) is 9.63 Å². The molecule has 1 heterocycles. The summed E-state index contributed by atoms with van der Waals surface area (Å²) in [5.41, 5.74) is 16.8. The lowest BCUT2D eigenvalue weighted by atomic mass is 10.1. The normalized spacial score (nSPS) is 15.7. The Morgan fingerprint density at radius 3 is 2.38 bits per heavy atom. The Kier molecular flexibility index (Phi) is 4.68. The van der Waals surface area contributed by atoms with Gasteiger partial charge in [-0.25, -0.2) is 0 Å². The molecule has 2 aromatic carbocycles. The fourth-order valence-electron chi connectivity index (χ4n) is 2.43. The summed E-state index contributed by atoms with van der Waals surface area (Å²) in [6, 6.07) is 13.7. The monoisotopic (exact) mass is 350 g/mol. The molecule has 0 aliphatic carbocycles. The van der Waals surface area contributed by atoms with E-state index < -0.39 is 6.10 Å². The van der Waals surface area contributed by atoms with Crippen molar-refractivity contribution < 1.29 is 9.63 Å². The van der Waals surface area contributed by atoms with Crippen LogP contribution in [0.15, 0.2) is 54.6 Å². The molecule has 8 heteroatoms. The minimum absolute atomic E-state index is 0.0327. The molecule has 1 amide bonds. The second kappa shape index (κ2) is 7.08. The Morgan fingerprint density at radius 2 is 1.73 bits per heavy atom. The molecule has 8 N–H and O–H groups in total. The molecule has 0 aromatic heterocycles. The molecule has 0 bridgehead atoms. The first-order valence-electron chi connectivity index (χ1n) is 7.77. The standard InChI is InChI=1S/C18H18N6O2/c19-16(20)10-4-6-13(7-5-10)23-18(25)15-9-14(24-26-15)11-2-1-3-12(8-11)17(21)22/h1-9,15,24H,(H3,19,20)(H3,21,22)(H,23,25). The topological polar surface area (TPSA) is 150 Å². The highest BCUT2D eigenvalue weighted by Crippen LogP contribution is 2.20. The van der Waals surface area contributed by atoms with Gasteiger partial charge in [0.15, 0.2) is 6.10 Å². The molecular formula is C18H18N6O2. The van der Waals surface area contributed by atoms with Gasteiger partial charge in [0.1, 0.15) is 11.7 Å². The smallest absolute Gasteiger partial charge is 0.260 e. The van der Waals surface area contributed by atoms with Crippen LogP contribution in [0.2, 0.25) is 0 Å². The van der Waals surface area contributed by atoms with E-state index in [-0.39, 0.29) is 17.6 Å². The third kappa shape index (κ3) is 3.70. The van der Waals surface area contributed by atoms with Crippen LogP contribution in [0, 0.1) is 10.8 Å².